The highest BCUT2D eigenvalue weighted by Gasteiger charge is 2.38. The van der Waals surface area contributed by atoms with Gasteiger partial charge in [-0.15, -0.1) is 11.3 Å². The molecule has 156 valence electrons. The van der Waals surface area contributed by atoms with Gasteiger partial charge in [-0.1, -0.05) is 24.3 Å². The molecule has 29 heavy (non-hydrogen) atoms. The third kappa shape index (κ3) is 5.82. The van der Waals surface area contributed by atoms with Gasteiger partial charge in [-0.25, -0.2) is 0 Å². The van der Waals surface area contributed by atoms with Crippen LogP contribution < -0.4 is 10.6 Å². The topological polar surface area (TPSA) is 58.2 Å². The average molecular weight is 424 g/mol. The van der Waals surface area contributed by atoms with E-state index in [1.54, 1.807) is 17.4 Å². The number of alkyl halides is 3. The van der Waals surface area contributed by atoms with E-state index in [2.05, 4.69) is 10.6 Å². The number of amides is 2. The number of benzene rings is 1. The molecule has 0 aliphatic carbocycles. The highest BCUT2D eigenvalue weighted by molar-refractivity contribution is 7.09. The maximum atomic E-state index is 13.0. The average Bonchev–Trinajstić information content (AvgIpc) is 3.30. The third-order valence-corrected chi connectivity index (χ3v) is 6.07. The maximum absolute atomic E-state index is 13.0. The van der Waals surface area contributed by atoms with Crippen LogP contribution in [0.5, 0.6) is 0 Å². The molecule has 2 heterocycles. The Morgan fingerprint density at radius 2 is 2.00 bits per heavy atom. The molecule has 1 fully saturated rings. The molecule has 0 radical (unpaired) electrons. The van der Waals surface area contributed by atoms with Crippen LogP contribution in [0.3, 0.4) is 0 Å². The van der Waals surface area contributed by atoms with Crippen LogP contribution in [0.25, 0.3) is 0 Å². The van der Waals surface area contributed by atoms with E-state index < -0.39 is 17.3 Å². The number of carbonyl (C=O) groups is 2. The molecule has 1 aliphatic heterocycles. The van der Waals surface area contributed by atoms with Gasteiger partial charge in [-0.05, 0) is 42.3 Å². The summed E-state index contributed by atoms with van der Waals surface area (Å²) in [7, 11) is 0. The van der Waals surface area contributed by atoms with E-state index in [4.69, 9.17) is 0 Å². The highest BCUT2D eigenvalue weighted by atomic mass is 32.1. The number of carbonyl (C=O) groups excluding carboxylic acids is 2. The van der Waals surface area contributed by atoms with Gasteiger partial charge in [0.15, 0.2) is 0 Å². The van der Waals surface area contributed by atoms with Crippen molar-refractivity contribution in [1.29, 1.82) is 0 Å². The van der Waals surface area contributed by atoms with Gasteiger partial charge in [0.1, 0.15) is 0 Å². The molecule has 8 heteroatoms. The predicted octanol–water partition coefficient (Wildman–Crippen LogP) is 4.10. The molecule has 0 saturated carbocycles. The van der Waals surface area contributed by atoms with Crippen molar-refractivity contribution in [1.82, 2.24) is 10.6 Å². The number of halogens is 3. The molecule has 4 nitrogen and oxygen atoms in total. The summed E-state index contributed by atoms with van der Waals surface area (Å²) in [4.78, 5) is 25.2. The second kappa shape index (κ2) is 8.98. The quantitative estimate of drug-likeness (QED) is 0.671. The van der Waals surface area contributed by atoms with Crippen molar-refractivity contribution in [2.75, 3.05) is 6.54 Å². The minimum atomic E-state index is -4.41. The van der Waals surface area contributed by atoms with Crippen LogP contribution in [0.4, 0.5) is 13.2 Å². The van der Waals surface area contributed by atoms with Crippen LogP contribution in [0.15, 0.2) is 41.8 Å². The van der Waals surface area contributed by atoms with Gasteiger partial charge in [-0.3, -0.25) is 9.59 Å². The standard InChI is InChI=1S/C21H23F3N2O2S/c22-21(23,24)17-6-2-1-4-15(17)9-12-25-18(27)7-10-20(11-8-19(28)26-20)14-16-5-3-13-29-16/h1-6,13H,7-12,14H2,(H,25,27)(H,26,28)/t20-/m0/s1. The summed E-state index contributed by atoms with van der Waals surface area (Å²) >= 11 is 1.61. The molecule has 0 unspecified atom stereocenters. The Hall–Kier alpha value is -2.35. The first-order valence-electron chi connectivity index (χ1n) is 9.53. The molecule has 2 aromatic rings. The molecule has 2 amide bonds. The van der Waals surface area contributed by atoms with Crippen molar-refractivity contribution in [2.45, 2.75) is 50.2 Å². The molecule has 0 spiro atoms. The lowest BCUT2D eigenvalue weighted by atomic mass is 9.87. The molecule has 1 aromatic carbocycles. The SMILES string of the molecule is O=C(CC[C@@]1(Cc2cccs2)CCC(=O)N1)NCCc1ccccc1C(F)(F)F. The van der Waals surface area contributed by atoms with E-state index in [0.29, 0.717) is 25.7 Å². The minimum absolute atomic E-state index is 0.00859. The minimum Gasteiger partial charge on any atom is -0.356 e. The first-order valence-corrected chi connectivity index (χ1v) is 10.4. The second-order valence-corrected chi connectivity index (χ2v) is 8.37. The first-order chi connectivity index (χ1) is 13.8. The van der Waals surface area contributed by atoms with E-state index in [1.807, 2.05) is 17.5 Å². The van der Waals surface area contributed by atoms with Crippen molar-refractivity contribution in [3.05, 3.63) is 57.8 Å². The second-order valence-electron chi connectivity index (χ2n) is 7.34. The third-order valence-electron chi connectivity index (χ3n) is 5.20. The van der Waals surface area contributed by atoms with Crippen LogP contribution in [-0.4, -0.2) is 23.9 Å². The van der Waals surface area contributed by atoms with Gasteiger partial charge in [0.2, 0.25) is 11.8 Å². The Morgan fingerprint density at radius 3 is 2.66 bits per heavy atom. The van der Waals surface area contributed by atoms with Gasteiger partial charge >= 0.3 is 6.18 Å². The molecule has 1 aromatic heterocycles. The van der Waals surface area contributed by atoms with E-state index in [1.165, 1.54) is 12.1 Å². The van der Waals surface area contributed by atoms with Crippen molar-refractivity contribution in [3.63, 3.8) is 0 Å². The van der Waals surface area contributed by atoms with E-state index in [9.17, 15) is 22.8 Å². The van der Waals surface area contributed by atoms with Crippen LogP contribution in [0, 0.1) is 0 Å². The maximum Gasteiger partial charge on any atom is 0.416 e. The van der Waals surface area contributed by atoms with Crippen LogP contribution in [-0.2, 0) is 28.6 Å². The molecule has 0 bridgehead atoms. The van der Waals surface area contributed by atoms with Crippen molar-refractivity contribution >= 4 is 23.2 Å². The Balaban J connectivity index is 1.51. The van der Waals surface area contributed by atoms with Crippen molar-refractivity contribution in [2.24, 2.45) is 0 Å². The smallest absolute Gasteiger partial charge is 0.356 e. The van der Waals surface area contributed by atoms with E-state index in [0.717, 1.165) is 10.9 Å². The van der Waals surface area contributed by atoms with Gasteiger partial charge < -0.3 is 10.6 Å². The number of nitrogens with one attached hydrogen (secondary N) is 2. The lowest BCUT2D eigenvalue weighted by Gasteiger charge is -2.28. The summed E-state index contributed by atoms with van der Waals surface area (Å²) in [5.74, 6) is -0.230. The number of thiophene rings is 1. The molecule has 2 N–H and O–H groups in total. The number of hydrogen-bond acceptors (Lipinski definition) is 3. The molecular weight excluding hydrogens is 401 g/mol. The molecule has 3 rings (SSSR count). The summed E-state index contributed by atoms with van der Waals surface area (Å²) < 4.78 is 39.1. The van der Waals surface area contributed by atoms with Gasteiger partial charge in [-0.2, -0.15) is 13.2 Å². The zero-order valence-electron chi connectivity index (χ0n) is 15.8. The molecular formula is C21H23F3N2O2S. The predicted molar refractivity (Wildman–Crippen MR) is 106 cm³/mol. The fourth-order valence-corrected chi connectivity index (χ4v) is 4.57. The van der Waals surface area contributed by atoms with Crippen molar-refractivity contribution in [3.8, 4) is 0 Å². The van der Waals surface area contributed by atoms with E-state index in [-0.39, 0.29) is 36.8 Å². The van der Waals surface area contributed by atoms with Gasteiger partial charge in [0, 0.05) is 36.2 Å². The Bertz CT molecular complexity index is 852. The number of hydrogen-bond donors (Lipinski definition) is 2. The zero-order valence-corrected chi connectivity index (χ0v) is 16.7. The fraction of sp³-hybridized carbons (Fsp3) is 0.429. The summed E-state index contributed by atoms with van der Waals surface area (Å²) in [6.45, 7) is 0.135. The van der Waals surface area contributed by atoms with Gasteiger partial charge in [0.05, 0.1) is 5.56 Å². The Kier molecular flexibility index (Phi) is 6.62. The lowest BCUT2D eigenvalue weighted by Crippen LogP contribution is -2.44. The zero-order chi connectivity index (χ0) is 20.9. The largest absolute Gasteiger partial charge is 0.416 e. The first kappa shape index (κ1) is 21.4. The summed E-state index contributed by atoms with van der Waals surface area (Å²) in [6, 6.07) is 9.36. The summed E-state index contributed by atoms with van der Waals surface area (Å²) in [5.41, 5.74) is -0.933. The molecule has 1 atom stereocenters. The lowest BCUT2D eigenvalue weighted by molar-refractivity contribution is -0.138. The molecule has 1 saturated heterocycles. The Labute approximate surface area is 171 Å². The van der Waals surface area contributed by atoms with Crippen LogP contribution in [0.1, 0.15) is 41.7 Å². The monoisotopic (exact) mass is 424 g/mol. The Morgan fingerprint density at radius 1 is 1.21 bits per heavy atom. The van der Waals surface area contributed by atoms with Crippen molar-refractivity contribution < 1.29 is 22.8 Å². The van der Waals surface area contributed by atoms with Crippen LogP contribution >= 0.6 is 11.3 Å². The van der Waals surface area contributed by atoms with Gasteiger partial charge in [0.25, 0.3) is 0 Å². The van der Waals surface area contributed by atoms with E-state index >= 15 is 0 Å². The molecule has 1 aliphatic rings. The van der Waals surface area contributed by atoms with Crippen LogP contribution in [0.2, 0.25) is 0 Å². The number of rotatable bonds is 8. The normalized spacial score (nSPS) is 19.2. The summed E-state index contributed by atoms with van der Waals surface area (Å²) in [5, 5.41) is 7.71. The highest BCUT2D eigenvalue weighted by Crippen LogP contribution is 2.32. The fourth-order valence-electron chi connectivity index (χ4n) is 3.72. The summed E-state index contributed by atoms with van der Waals surface area (Å²) in [6.07, 6.45) is -1.78.